The molecule has 0 bridgehead atoms. The molecule has 9 heteroatoms. The molecule has 2 aliphatic rings. The lowest BCUT2D eigenvalue weighted by Crippen LogP contribution is -2.48. The van der Waals surface area contributed by atoms with Crippen LogP contribution in [-0.4, -0.2) is 70.9 Å². The number of guanidine groups is 1. The highest BCUT2D eigenvalue weighted by atomic mass is 127. The van der Waals surface area contributed by atoms with E-state index in [2.05, 4.69) is 36.4 Å². The Balaban J connectivity index is 0.00000392. The van der Waals surface area contributed by atoms with Crippen LogP contribution in [0.5, 0.6) is 0 Å². The van der Waals surface area contributed by atoms with Gasteiger partial charge in [-0.2, -0.15) is 0 Å². The summed E-state index contributed by atoms with van der Waals surface area (Å²) in [4.78, 5) is 4.35. The van der Waals surface area contributed by atoms with Gasteiger partial charge >= 0.3 is 0 Å². The van der Waals surface area contributed by atoms with Crippen LogP contribution in [0.1, 0.15) is 46.5 Å². The molecule has 2 unspecified atom stereocenters. The Bertz CT molecular complexity index is 599. The molecule has 2 fully saturated rings. The Morgan fingerprint density at radius 3 is 2.29 bits per heavy atom. The van der Waals surface area contributed by atoms with Crippen molar-refractivity contribution in [1.29, 1.82) is 0 Å². The summed E-state index contributed by atoms with van der Waals surface area (Å²) < 4.78 is 30.9. The molecule has 0 aromatic rings. The Hall–Kier alpha value is -0.130. The fourth-order valence-corrected chi connectivity index (χ4v) is 5.02. The highest BCUT2D eigenvalue weighted by molar-refractivity contribution is 14.0. The maximum Gasteiger partial charge on any atom is 0.211 e. The molecule has 0 aromatic heterocycles. The minimum Gasteiger partial charge on any atom is -0.377 e. The summed E-state index contributed by atoms with van der Waals surface area (Å²) >= 11 is 0. The topological polar surface area (TPSA) is 83.0 Å². The van der Waals surface area contributed by atoms with Gasteiger partial charge in [0.25, 0.3) is 0 Å². The number of piperidine rings is 1. The fraction of sp³-hybridized carbons (Fsp3) is 0.947. The summed E-state index contributed by atoms with van der Waals surface area (Å²) in [6.07, 6.45) is 5.62. The number of sulfonamides is 1. The van der Waals surface area contributed by atoms with Gasteiger partial charge in [0.05, 0.1) is 12.4 Å². The van der Waals surface area contributed by atoms with Gasteiger partial charge in [-0.3, -0.25) is 4.99 Å². The SMILES string of the molecule is CN=C(NCC1CCN(S(C)(=O)=O)CC1)NCC1CCCOC1C(C)(C)C.I. The Kier molecular flexibility index (Phi) is 10.5. The molecule has 2 N–H and O–H groups in total. The van der Waals surface area contributed by atoms with Crippen molar-refractivity contribution >= 4 is 40.0 Å². The van der Waals surface area contributed by atoms with E-state index in [9.17, 15) is 8.42 Å². The molecule has 0 saturated carbocycles. The van der Waals surface area contributed by atoms with E-state index < -0.39 is 10.0 Å². The van der Waals surface area contributed by atoms with Gasteiger partial charge in [0.15, 0.2) is 5.96 Å². The van der Waals surface area contributed by atoms with E-state index in [4.69, 9.17) is 4.74 Å². The van der Waals surface area contributed by atoms with Crippen molar-refractivity contribution < 1.29 is 13.2 Å². The monoisotopic (exact) mass is 530 g/mol. The zero-order valence-electron chi connectivity index (χ0n) is 18.0. The minimum atomic E-state index is -3.06. The van der Waals surface area contributed by atoms with Crippen LogP contribution >= 0.6 is 24.0 Å². The highest BCUT2D eigenvalue weighted by Crippen LogP contribution is 2.33. The van der Waals surface area contributed by atoms with Crippen LogP contribution in [0.25, 0.3) is 0 Å². The van der Waals surface area contributed by atoms with Gasteiger partial charge in [0.2, 0.25) is 10.0 Å². The molecule has 7 nitrogen and oxygen atoms in total. The van der Waals surface area contributed by atoms with Gasteiger partial charge in [-0.1, -0.05) is 20.8 Å². The number of aliphatic imine (C=N–C) groups is 1. The third kappa shape index (κ3) is 7.95. The van der Waals surface area contributed by atoms with Gasteiger partial charge in [-0.05, 0) is 37.0 Å². The predicted octanol–water partition coefficient (Wildman–Crippen LogP) is 2.28. The largest absolute Gasteiger partial charge is 0.377 e. The molecule has 2 heterocycles. The van der Waals surface area contributed by atoms with Crippen molar-refractivity contribution in [2.75, 3.05) is 46.1 Å². The molecular formula is C19H39IN4O3S. The Labute approximate surface area is 188 Å². The number of nitrogens with one attached hydrogen (secondary N) is 2. The van der Waals surface area contributed by atoms with Gasteiger partial charge in [0, 0.05) is 45.8 Å². The third-order valence-corrected chi connectivity index (χ3v) is 6.96. The first-order chi connectivity index (χ1) is 12.6. The van der Waals surface area contributed by atoms with Crippen molar-refractivity contribution in [2.24, 2.45) is 22.2 Å². The lowest BCUT2D eigenvalue weighted by molar-refractivity contribution is -0.0835. The van der Waals surface area contributed by atoms with E-state index in [-0.39, 0.29) is 35.5 Å². The second-order valence-electron chi connectivity index (χ2n) is 9.00. The normalized spacial score (nSPS) is 25.8. The minimum absolute atomic E-state index is 0. The molecule has 0 amide bonds. The van der Waals surface area contributed by atoms with Crippen molar-refractivity contribution in [2.45, 2.75) is 52.6 Å². The molecule has 0 aromatic carbocycles. The van der Waals surface area contributed by atoms with Crippen molar-refractivity contribution in [1.82, 2.24) is 14.9 Å². The Morgan fingerprint density at radius 1 is 1.14 bits per heavy atom. The standard InChI is InChI=1S/C19H38N4O3S.HI/c1-19(2,3)17-16(7-6-12-26-17)14-22-18(20-4)21-13-15-8-10-23(11-9-15)27(5,24)25;/h15-17H,6-14H2,1-5H3,(H2,20,21,22);1H. The average Bonchev–Trinajstić information content (AvgIpc) is 2.61. The first kappa shape index (κ1) is 25.9. The first-order valence-electron chi connectivity index (χ1n) is 10.1. The first-order valence-corrected chi connectivity index (χ1v) is 12.0. The van der Waals surface area contributed by atoms with Crippen LogP contribution in [-0.2, 0) is 14.8 Å². The number of nitrogens with zero attached hydrogens (tertiary/aromatic N) is 2. The van der Waals surface area contributed by atoms with Crippen molar-refractivity contribution in [3.05, 3.63) is 0 Å². The molecule has 2 rings (SSSR count). The summed E-state index contributed by atoms with van der Waals surface area (Å²) in [5, 5.41) is 6.88. The smallest absolute Gasteiger partial charge is 0.211 e. The zero-order chi connectivity index (χ0) is 20.1. The summed E-state index contributed by atoms with van der Waals surface area (Å²) in [5.74, 6) is 1.77. The number of hydrogen-bond donors (Lipinski definition) is 2. The predicted molar refractivity (Wildman–Crippen MR) is 126 cm³/mol. The molecular weight excluding hydrogens is 491 g/mol. The molecule has 0 radical (unpaired) electrons. The van der Waals surface area contributed by atoms with Crippen LogP contribution in [0.2, 0.25) is 0 Å². The maximum atomic E-state index is 11.6. The van der Waals surface area contributed by atoms with Gasteiger partial charge in [0.1, 0.15) is 0 Å². The fourth-order valence-electron chi connectivity index (χ4n) is 4.14. The van der Waals surface area contributed by atoms with Crippen molar-refractivity contribution in [3.63, 3.8) is 0 Å². The Morgan fingerprint density at radius 2 is 1.75 bits per heavy atom. The number of halogens is 1. The summed E-state index contributed by atoms with van der Waals surface area (Å²) in [6, 6.07) is 0. The quantitative estimate of drug-likeness (QED) is 0.324. The molecule has 0 aliphatic carbocycles. The molecule has 166 valence electrons. The van der Waals surface area contributed by atoms with E-state index in [0.29, 0.717) is 24.9 Å². The molecule has 0 spiro atoms. The van der Waals surface area contributed by atoms with Crippen LogP contribution in [0.3, 0.4) is 0 Å². The van der Waals surface area contributed by atoms with Crippen LogP contribution in [0.15, 0.2) is 4.99 Å². The second kappa shape index (κ2) is 11.3. The number of rotatable bonds is 5. The van der Waals surface area contributed by atoms with Crippen LogP contribution in [0, 0.1) is 17.3 Å². The molecule has 28 heavy (non-hydrogen) atoms. The second-order valence-corrected chi connectivity index (χ2v) is 11.0. The maximum absolute atomic E-state index is 11.6. The van der Waals surface area contributed by atoms with Gasteiger partial charge < -0.3 is 15.4 Å². The molecule has 2 atom stereocenters. The van der Waals surface area contributed by atoms with Crippen molar-refractivity contribution in [3.8, 4) is 0 Å². The highest BCUT2D eigenvalue weighted by Gasteiger charge is 2.35. The van der Waals surface area contributed by atoms with Gasteiger partial charge in [-0.15, -0.1) is 24.0 Å². The number of ether oxygens (including phenoxy) is 1. The summed E-state index contributed by atoms with van der Waals surface area (Å²) in [7, 11) is -1.27. The van der Waals surface area contributed by atoms with E-state index in [1.807, 2.05) is 0 Å². The lowest BCUT2D eigenvalue weighted by Gasteiger charge is -2.40. The van der Waals surface area contributed by atoms with Crippen LogP contribution < -0.4 is 10.6 Å². The van der Waals surface area contributed by atoms with E-state index in [1.165, 1.54) is 12.7 Å². The lowest BCUT2D eigenvalue weighted by atomic mass is 9.78. The third-order valence-electron chi connectivity index (χ3n) is 5.65. The van der Waals surface area contributed by atoms with E-state index in [0.717, 1.165) is 44.9 Å². The van der Waals surface area contributed by atoms with E-state index in [1.54, 1.807) is 11.4 Å². The number of hydrogen-bond acceptors (Lipinski definition) is 4. The zero-order valence-corrected chi connectivity index (χ0v) is 21.2. The summed E-state index contributed by atoms with van der Waals surface area (Å²) in [6.45, 7) is 10.5. The average molecular weight is 531 g/mol. The van der Waals surface area contributed by atoms with Gasteiger partial charge in [-0.25, -0.2) is 12.7 Å². The van der Waals surface area contributed by atoms with Crippen LogP contribution in [0.4, 0.5) is 0 Å². The van der Waals surface area contributed by atoms with E-state index >= 15 is 0 Å². The molecule has 2 aliphatic heterocycles. The molecule has 2 saturated heterocycles. The summed E-state index contributed by atoms with van der Waals surface area (Å²) in [5.41, 5.74) is 0.136.